The molecule has 0 unspecified atom stereocenters. The number of rotatable bonds is 4. The van der Waals surface area contributed by atoms with Gasteiger partial charge in [0.25, 0.3) is 0 Å². The molecule has 0 saturated carbocycles. The fraction of sp³-hybridized carbons (Fsp3) is 0.125. The first-order chi connectivity index (χ1) is 9.24. The molecule has 0 heterocycles. The van der Waals surface area contributed by atoms with Crippen molar-refractivity contribution in [3.63, 3.8) is 0 Å². The van der Waals surface area contributed by atoms with Gasteiger partial charge in [-0.2, -0.15) is 5.10 Å². The molecule has 0 spiro atoms. The van der Waals surface area contributed by atoms with Crippen molar-refractivity contribution in [2.75, 3.05) is 0 Å². The largest absolute Gasteiger partial charge is 0.273 e. The van der Waals surface area contributed by atoms with Crippen LogP contribution in [0.1, 0.15) is 16.7 Å². The highest BCUT2D eigenvalue weighted by molar-refractivity contribution is 5.83. The molecule has 0 aliphatic heterocycles. The molecular formula is C16H16N2O. The Labute approximate surface area is 113 Å². The van der Waals surface area contributed by atoms with Crippen LogP contribution in [-0.4, -0.2) is 12.1 Å². The van der Waals surface area contributed by atoms with E-state index in [1.807, 2.05) is 61.5 Å². The summed E-state index contributed by atoms with van der Waals surface area (Å²) in [5.41, 5.74) is 5.66. The van der Waals surface area contributed by atoms with E-state index >= 15 is 0 Å². The lowest BCUT2D eigenvalue weighted by Gasteiger charge is -2.00. The van der Waals surface area contributed by atoms with Gasteiger partial charge in [-0.25, -0.2) is 5.43 Å². The van der Waals surface area contributed by atoms with Crippen LogP contribution < -0.4 is 5.43 Å². The first-order valence-corrected chi connectivity index (χ1v) is 6.16. The fourth-order valence-corrected chi connectivity index (χ4v) is 1.65. The molecule has 0 aliphatic rings. The van der Waals surface area contributed by atoms with Crippen molar-refractivity contribution in [1.82, 2.24) is 5.43 Å². The second kappa shape index (κ2) is 6.50. The van der Waals surface area contributed by atoms with Crippen molar-refractivity contribution >= 4 is 12.1 Å². The molecule has 0 aliphatic carbocycles. The summed E-state index contributed by atoms with van der Waals surface area (Å²) >= 11 is 0. The summed E-state index contributed by atoms with van der Waals surface area (Å²) in [5, 5.41) is 3.94. The van der Waals surface area contributed by atoms with Crippen molar-refractivity contribution < 1.29 is 4.79 Å². The highest BCUT2D eigenvalue weighted by Gasteiger charge is 2.00. The molecule has 96 valence electrons. The number of hydrogen-bond donors (Lipinski definition) is 1. The Kier molecular flexibility index (Phi) is 4.45. The molecule has 19 heavy (non-hydrogen) atoms. The summed E-state index contributed by atoms with van der Waals surface area (Å²) in [7, 11) is 0. The first kappa shape index (κ1) is 13.0. The van der Waals surface area contributed by atoms with Crippen molar-refractivity contribution in [2.24, 2.45) is 5.10 Å². The zero-order chi connectivity index (χ0) is 13.5. The van der Waals surface area contributed by atoms with Crippen molar-refractivity contribution in [1.29, 1.82) is 0 Å². The summed E-state index contributed by atoms with van der Waals surface area (Å²) in [4.78, 5) is 11.6. The normalized spacial score (nSPS) is 10.6. The number of aryl methyl sites for hydroxylation is 1. The van der Waals surface area contributed by atoms with Crippen molar-refractivity contribution in [3.8, 4) is 0 Å². The minimum absolute atomic E-state index is 0.116. The molecule has 0 saturated heterocycles. The monoisotopic (exact) mass is 252 g/mol. The van der Waals surface area contributed by atoms with E-state index in [1.54, 1.807) is 6.21 Å². The minimum Gasteiger partial charge on any atom is -0.273 e. The number of carbonyl (C=O) groups excluding carboxylic acids is 1. The SMILES string of the molecule is Cc1ccc(/C=N\NC(=O)Cc2ccccc2)cc1. The second-order valence-electron chi connectivity index (χ2n) is 4.37. The van der Waals surface area contributed by atoms with Gasteiger partial charge in [-0.05, 0) is 18.1 Å². The Morgan fingerprint density at radius 3 is 2.47 bits per heavy atom. The molecule has 0 aromatic heterocycles. The average molecular weight is 252 g/mol. The molecule has 0 atom stereocenters. The third-order valence-electron chi connectivity index (χ3n) is 2.69. The van der Waals surface area contributed by atoms with Crippen molar-refractivity contribution in [3.05, 3.63) is 71.3 Å². The third-order valence-corrected chi connectivity index (χ3v) is 2.69. The van der Waals surface area contributed by atoms with Crippen LogP contribution >= 0.6 is 0 Å². The van der Waals surface area contributed by atoms with Crippen LogP contribution in [0.15, 0.2) is 59.7 Å². The van der Waals surface area contributed by atoms with Crippen molar-refractivity contribution in [2.45, 2.75) is 13.3 Å². The quantitative estimate of drug-likeness (QED) is 0.659. The molecule has 3 nitrogen and oxygen atoms in total. The van der Waals surface area contributed by atoms with Gasteiger partial charge in [-0.1, -0.05) is 60.2 Å². The van der Waals surface area contributed by atoms with Gasteiger partial charge in [0, 0.05) is 0 Å². The van der Waals surface area contributed by atoms with Crippen LogP contribution in [-0.2, 0) is 11.2 Å². The maximum Gasteiger partial charge on any atom is 0.244 e. The summed E-state index contributed by atoms with van der Waals surface area (Å²) in [6.07, 6.45) is 1.98. The van der Waals surface area contributed by atoms with Gasteiger partial charge in [-0.3, -0.25) is 4.79 Å². The topological polar surface area (TPSA) is 41.5 Å². The zero-order valence-electron chi connectivity index (χ0n) is 10.8. The van der Waals surface area contributed by atoms with Crippen LogP contribution in [0.2, 0.25) is 0 Å². The zero-order valence-corrected chi connectivity index (χ0v) is 10.8. The summed E-state index contributed by atoms with van der Waals surface area (Å²) < 4.78 is 0. The lowest BCUT2D eigenvalue weighted by atomic mass is 10.1. The number of nitrogens with zero attached hydrogens (tertiary/aromatic N) is 1. The summed E-state index contributed by atoms with van der Waals surface area (Å²) in [5.74, 6) is -0.116. The van der Waals surface area contributed by atoms with Gasteiger partial charge in [0.2, 0.25) is 5.91 Å². The number of amides is 1. The molecule has 2 aromatic carbocycles. The van der Waals surface area contributed by atoms with E-state index < -0.39 is 0 Å². The Morgan fingerprint density at radius 2 is 1.79 bits per heavy atom. The first-order valence-electron chi connectivity index (χ1n) is 6.16. The van der Waals surface area contributed by atoms with Gasteiger partial charge in [0.15, 0.2) is 0 Å². The van der Waals surface area contributed by atoms with Crippen LogP contribution in [0.3, 0.4) is 0 Å². The van der Waals surface area contributed by atoms with Crippen LogP contribution in [0, 0.1) is 6.92 Å². The fourth-order valence-electron chi connectivity index (χ4n) is 1.65. The number of benzene rings is 2. The van der Waals surface area contributed by atoms with Gasteiger partial charge >= 0.3 is 0 Å². The maximum absolute atomic E-state index is 11.6. The van der Waals surface area contributed by atoms with Crippen LogP contribution in [0.5, 0.6) is 0 Å². The lowest BCUT2D eigenvalue weighted by molar-refractivity contribution is -0.120. The van der Waals surface area contributed by atoms with Gasteiger partial charge in [0.1, 0.15) is 0 Å². The highest BCUT2D eigenvalue weighted by atomic mass is 16.2. The lowest BCUT2D eigenvalue weighted by Crippen LogP contribution is -2.19. The number of carbonyl (C=O) groups is 1. The van der Waals surface area contributed by atoms with E-state index in [1.165, 1.54) is 5.56 Å². The van der Waals surface area contributed by atoms with E-state index in [9.17, 15) is 4.79 Å². The highest BCUT2D eigenvalue weighted by Crippen LogP contribution is 2.00. The molecule has 0 radical (unpaired) electrons. The molecule has 0 bridgehead atoms. The summed E-state index contributed by atoms with van der Waals surface area (Å²) in [6, 6.07) is 17.5. The standard InChI is InChI=1S/C16H16N2O/c1-13-7-9-15(10-8-13)12-17-18-16(19)11-14-5-3-2-4-6-14/h2-10,12H,11H2,1H3,(H,18,19)/b17-12-. The average Bonchev–Trinajstić information content (AvgIpc) is 2.42. The molecule has 2 aromatic rings. The Balaban J connectivity index is 1.85. The van der Waals surface area contributed by atoms with E-state index in [0.29, 0.717) is 6.42 Å². The number of hydrazone groups is 1. The second-order valence-corrected chi connectivity index (χ2v) is 4.37. The summed E-state index contributed by atoms with van der Waals surface area (Å²) in [6.45, 7) is 2.03. The predicted molar refractivity (Wildman–Crippen MR) is 77.1 cm³/mol. The maximum atomic E-state index is 11.6. The van der Waals surface area contributed by atoms with E-state index in [4.69, 9.17) is 0 Å². The Bertz CT molecular complexity index is 559. The third kappa shape index (κ3) is 4.39. The van der Waals surface area contributed by atoms with Crippen LogP contribution in [0.4, 0.5) is 0 Å². The van der Waals surface area contributed by atoms with E-state index in [0.717, 1.165) is 11.1 Å². The number of nitrogens with one attached hydrogen (secondary N) is 1. The van der Waals surface area contributed by atoms with Gasteiger partial charge in [0.05, 0.1) is 12.6 Å². The van der Waals surface area contributed by atoms with E-state index in [2.05, 4.69) is 10.5 Å². The van der Waals surface area contributed by atoms with Gasteiger partial charge < -0.3 is 0 Å². The molecule has 1 amide bonds. The smallest absolute Gasteiger partial charge is 0.244 e. The Morgan fingerprint density at radius 1 is 1.11 bits per heavy atom. The molecule has 3 heteroatoms. The predicted octanol–water partition coefficient (Wildman–Crippen LogP) is 2.69. The molecule has 1 N–H and O–H groups in total. The van der Waals surface area contributed by atoms with Crippen LogP contribution in [0.25, 0.3) is 0 Å². The number of hydrogen-bond acceptors (Lipinski definition) is 2. The van der Waals surface area contributed by atoms with E-state index in [-0.39, 0.29) is 5.91 Å². The molecule has 0 fully saturated rings. The Hall–Kier alpha value is -2.42. The molecule has 2 rings (SSSR count). The minimum atomic E-state index is -0.116. The molecular weight excluding hydrogens is 236 g/mol. The van der Waals surface area contributed by atoms with Gasteiger partial charge in [-0.15, -0.1) is 0 Å².